The molecule has 0 aliphatic carbocycles. The highest BCUT2D eigenvalue weighted by Gasteiger charge is 2.78. The van der Waals surface area contributed by atoms with Crippen LogP contribution in [0.1, 0.15) is 37.5 Å². The molecule has 4 atom stereocenters. The van der Waals surface area contributed by atoms with E-state index in [1.54, 1.807) is 19.1 Å². The summed E-state index contributed by atoms with van der Waals surface area (Å²) in [6.45, 7) is 5.49. The molecule has 25 heavy (non-hydrogen) atoms. The second-order valence-electron chi connectivity index (χ2n) is 6.68. The minimum absolute atomic E-state index is 0.359. The minimum atomic E-state index is -1.87. The Morgan fingerprint density at radius 1 is 1.12 bits per heavy atom. The third-order valence-electron chi connectivity index (χ3n) is 5.68. The van der Waals surface area contributed by atoms with Crippen LogP contribution < -0.4 is 0 Å². The normalized spacial score (nSPS) is 35.1. The molecule has 2 heterocycles. The van der Waals surface area contributed by atoms with E-state index in [-0.39, 0.29) is 5.90 Å². The molecule has 1 aromatic rings. The molecular weight excluding hydrogens is 316 g/mol. The zero-order valence-corrected chi connectivity index (χ0v) is 14.3. The van der Waals surface area contributed by atoms with Gasteiger partial charge in [-0.3, -0.25) is 5.41 Å². The molecule has 1 aromatic carbocycles. The first kappa shape index (κ1) is 17.0. The number of benzene rings is 1. The van der Waals surface area contributed by atoms with Gasteiger partial charge in [0.05, 0.1) is 24.1 Å². The Morgan fingerprint density at radius 2 is 1.72 bits per heavy atom. The number of fused-ring (bicyclic) bond motifs is 2. The van der Waals surface area contributed by atoms with Crippen molar-refractivity contribution in [2.45, 2.75) is 39.1 Å². The number of nitrogens with zero attached hydrogens (tertiary/aromatic N) is 3. The van der Waals surface area contributed by atoms with Gasteiger partial charge >= 0.3 is 0 Å². The van der Waals surface area contributed by atoms with Gasteiger partial charge in [-0.05, 0) is 12.5 Å². The Labute approximate surface area is 146 Å². The van der Waals surface area contributed by atoms with Gasteiger partial charge in [0.1, 0.15) is 6.10 Å². The average molecular weight is 334 g/mol. The number of nitriles is 3. The molecule has 2 fully saturated rings. The lowest BCUT2D eigenvalue weighted by Crippen LogP contribution is -2.58. The topological polar surface area (TPSA) is 114 Å². The van der Waals surface area contributed by atoms with Crippen LogP contribution in [0.4, 0.5) is 0 Å². The Bertz CT molecular complexity index is 843. The van der Waals surface area contributed by atoms with E-state index in [1.165, 1.54) is 0 Å². The van der Waals surface area contributed by atoms with E-state index in [2.05, 4.69) is 6.07 Å². The first-order valence-corrected chi connectivity index (χ1v) is 8.13. The predicted molar refractivity (Wildman–Crippen MR) is 87.7 cm³/mol. The molecule has 3 rings (SSSR count). The molecular formula is C19H18N4O2. The van der Waals surface area contributed by atoms with Crippen LogP contribution >= 0.6 is 0 Å². The Kier molecular flexibility index (Phi) is 3.60. The maximum absolute atomic E-state index is 10.00. The van der Waals surface area contributed by atoms with Gasteiger partial charge < -0.3 is 9.47 Å². The summed E-state index contributed by atoms with van der Waals surface area (Å²) in [5.41, 5.74) is -1.90. The van der Waals surface area contributed by atoms with Crippen LogP contribution in [-0.2, 0) is 9.47 Å². The van der Waals surface area contributed by atoms with E-state index in [0.29, 0.717) is 12.0 Å². The largest absolute Gasteiger partial charge is 0.447 e. The molecule has 6 nitrogen and oxygen atoms in total. The summed E-state index contributed by atoms with van der Waals surface area (Å²) in [6, 6.07) is 13.4. The van der Waals surface area contributed by atoms with Crippen LogP contribution in [0.25, 0.3) is 0 Å². The molecule has 0 amide bonds. The van der Waals surface area contributed by atoms with E-state index < -0.39 is 28.6 Å². The van der Waals surface area contributed by atoms with Crippen molar-refractivity contribution in [1.29, 1.82) is 21.2 Å². The highest BCUT2D eigenvalue weighted by atomic mass is 16.7. The second kappa shape index (κ2) is 5.31. The highest BCUT2D eigenvalue weighted by molar-refractivity contribution is 5.89. The molecule has 0 radical (unpaired) electrons. The van der Waals surface area contributed by atoms with Gasteiger partial charge in [-0.1, -0.05) is 43.7 Å². The van der Waals surface area contributed by atoms with Gasteiger partial charge in [-0.15, -0.1) is 0 Å². The summed E-state index contributed by atoms with van der Waals surface area (Å²) in [5, 5.41) is 38.3. The van der Waals surface area contributed by atoms with E-state index >= 15 is 0 Å². The molecule has 2 bridgehead atoms. The quantitative estimate of drug-likeness (QED) is 0.890. The smallest absolute Gasteiger partial charge is 0.217 e. The van der Waals surface area contributed by atoms with Gasteiger partial charge in [-0.2, -0.15) is 15.8 Å². The number of hydrogen-bond acceptors (Lipinski definition) is 6. The number of nitrogens with one attached hydrogen (secondary N) is 1. The summed E-state index contributed by atoms with van der Waals surface area (Å²) in [7, 11) is 0. The van der Waals surface area contributed by atoms with Crippen LogP contribution in [0.15, 0.2) is 24.3 Å². The minimum Gasteiger partial charge on any atom is -0.447 e. The fourth-order valence-corrected chi connectivity index (χ4v) is 4.08. The van der Waals surface area contributed by atoms with Crippen molar-refractivity contribution in [3.05, 3.63) is 35.4 Å². The molecule has 0 spiro atoms. The van der Waals surface area contributed by atoms with Crippen LogP contribution in [0.3, 0.4) is 0 Å². The molecule has 2 saturated heterocycles. The molecule has 6 heteroatoms. The molecule has 126 valence electrons. The van der Waals surface area contributed by atoms with E-state index in [1.807, 2.05) is 38.1 Å². The zero-order valence-electron chi connectivity index (χ0n) is 14.3. The maximum Gasteiger partial charge on any atom is 0.217 e. The van der Waals surface area contributed by atoms with E-state index in [0.717, 1.165) is 5.56 Å². The van der Waals surface area contributed by atoms with Crippen LogP contribution in [0.2, 0.25) is 0 Å². The van der Waals surface area contributed by atoms with Crippen molar-refractivity contribution >= 4 is 5.90 Å². The Morgan fingerprint density at radius 3 is 2.20 bits per heavy atom. The lowest BCUT2D eigenvalue weighted by Gasteiger charge is -2.48. The third-order valence-corrected chi connectivity index (χ3v) is 5.68. The Balaban J connectivity index is 2.32. The maximum atomic E-state index is 10.00. The van der Waals surface area contributed by atoms with Crippen molar-refractivity contribution in [1.82, 2.24) is 0 Å². The summed E-state index contributed by atoms with van der Waals surface area (Å²) in [6.07, 6.45) is -0.586. The molecule has 1 N–H and O–H groups in total. The van der Waals surface area contributed by atoms with Crippen molar-refractivity contribution in [3.8, 4) is 18.2 Å². The van der Waals surface area contributed by atoms with E-state index in [9.17, 15) is 15.8 Å². The first-order valence-electron chi connectivity index (χ1n) is 8.13. The van der Waals surface area contributed by atoms with Gasteiger partial charge in [0.25, 0.3) is 0 Å². The van der Waals surface area contributed by atoms with Crippen LogP contribution in [-0.4, -0.2) is 11.7 Å². The summed E-state index contributed by atoms with van der Waals surface area (Å²) < 4.78 is 11.9. The summed E-state index contributed by atoms with van der Waals surface area (Å²) >= 11 is 0. The molecule has 0 aromatic heterocycles. The van der Waals surface area contributed by atoms with E-state index in [4.69, 9.17) is 14.9 Å². The standard InChI is InChI=1S/C19H18N4O2/c1-4-19-13(3)18(11-22,16(23)25-19)17(9-20,10-21)15(24-19)14-7-5-12(2)6-8-14/h5-8,13,15,23H,4H2,1-3H3/t13-,15+,18-,19-/m1/s1. The van der Waals surface area contributed by atoms with Crippen molar-refractivity contribution in [2.24, 2.45) is 16.7 Å². The number of rotatable bonds is 2. The summed E-state index contributed by atoms with van der Waals surface area (Å²) in [5.74, 6) is -2.18. The molecule has 2 aliphatic heterocycles. The monoisotopic (exact) mass is 334 g/mol. The highest BCUT2D eigenvalue weighted by Crippen LogP contribution is 2.66. The van der Waals surface area contributed by atoms with Crippen molar-refractivity contribution in [2.75, 3.05) is 0 Å². The first-order chi connectivity index (χ1) is 11.9. The Hall–Kier alpha value is -2.88. The fraction of sp³-hybridized carbons (Fsp3) is 0.474. The second-order valence-corrected chi connectivity index (χ2v) is 6.68. The average Bonchev–Trinajstić information content (AvgIpc) is 2.79. The van der Waals surface area contributed by atoms with Gasteiger partial charge in [0, 0.05) is 6.42 Å². The lowest BCUT2D eigenvalue weighted by atomic mass is 9.53. The van der Waals surface area contributed by atoms with Crippen LogP contribution in [0.5, 0.6) is 0 Å². The van der Waals surface area contributed by atoms with Gasteiger partial charge in [-0.25, -0.2) is 0 Å². The van der Waals surface area contributed by atoms with Crippen molar-refractivity contribution in [3.63, 3.8) is 0 Å². The third kappa shape index (κ3) is 1.77. The number of aryl methyl sites for hydroxylation is 1. The molecule has 2 aliphatic rings. The number of hydrogen-bond donors (Lipinski definition) is 1. The van der Waals surface area contributed by atoms with Gasteiger partial charge in [0.2, 0.25) is 17.1 Å². The predicted octanol–water partition coefficient (Wildman–Crippen LogP) is 3.36. The lowest BCUT2D eigenvalue weighted by molar-refractivity contribution is -0.280. The molecule has 0 saturated carbocycles. The van der Waals surface area contributed by atoms with Gasteiger partial charge in [0.15, 0.2) is 5.41 Å². The SMILES string of the molecule is CC[C@@]12OC(=N)[C@@](C#N)([C@H]1C)C(C#N)(C#N)[C@H](c1ccc(C)cc1)O2. The van der Waals surface area contributed by atoms with Crippen molar-refractivity contribution < 1.29 is 9.47 Å². The number of ether oxygens (including phenoxy) is 2. The van der Waals surface area contributed by atoms with Crippen LogP contribution in [0, 0.1) is 63.1 Å². The fourth-order valence-electron chi connectivity index (χ4n) is 4.08. The summed E-state index contributed by atoms with van der Waals surface area (Å²) in [4.78, 5) is 0. The zero-order chi connectivity index (χ0) is 18.5. The molecule has 0 unspecified atom stereocenters.